The van der Waals surface area contributed by atoms with Gasteiger partial charge in [0.15, 0.2) is 23.1 Å². The van der Waals surface area contributed by atoms with Crippen LogP contribution in [0.5, 0.6) is 0 Å². The molecule has 0 aliphatic heterocycles. The van der Waals surface area contributed by atoms with E-state index in [1.54, 1.807) is 24.3 Å². The molecule has 0 aliphatic carbocycles. The Hall–Kier alpha value is -4.42. The van der Waals surface area contributed by atoms with Gasteiger partial charge in [0.05, 0.1) is 16.3 Å². The minimum Gasteiger partial charge on any atom is -0.306 e. The number of carbonyl (C=O) groups excluding carboxylic acids is 1. The standard InChI is InChI=1S/C23H13ClF2N6O/c1-28-22-19(26)11-18(25)21(30-22)13-7-8-17(24)16(9-13)23(33)29-20-10-14(12-27)31-32(20)15-5-3-2-4-6-15/h2-11H,1H2,(H,29,33). The van der Waals surface area contributed by atoms with E-state index in [1.165, 1.54) is 28.9 Å². The van der Waals surface area contributed by atoms with E-state index in [2.05, 4.69) is 27.1 Å². The van der Waals surface area contributed by atoms with Crippen molar-refractivity contribution in [2.75, 3.05) is 5.32 Å². The molecule has 0 bridgehead atoms. The summed E-state index contributed by atoms with van der Waals surface area (Å²) in [5.74, 6) is -2.67. The summed E-state index contributed by atoms with van der Waals surface area (Å²) in [7, 11) is 0. The van der Waals surface area contributed by atoms with Crippen LogP contribution in [0.1, 0.15) is 16.1 Å². The van der Waals surface area contributed by atoms with Gasteiger partial charge in [-0.15, -0.1) is 0 Å². The van der Waals surface area contributed by atoms with Gasteiger partial charge in [0.1, 0.15) is 17.6 Å². The number of carbonyl (C=O) groups is 1. The molecule has 0 unspecified atom stereocenters. The highest BCUT2D eigenvalue weighted by molar-refractivity contribution is 6.34. The second-order valence-corrected chi connectivity index (χ2v) is 7.11. The molecule has 0 saturated heterocycles. The van der Waals surface area contributed by atoms with Gasteiger partial charge in [0.2, 0.25) is 0 Å². The van der Waals surface area contributed by atoms with Crippen molar-refractivity contribution in [3.05, 3.63) is 88.6 Å². The number of para-hydroxylation sites is 1. The number of rotatable bonds is 5. The predicted octanol–water partition coefficient (Wildman–Crippen LogP) is 5.32. The van der Waals surface area contributed by atoms with Crippen LogP contribution >= 0.6 is 11.6 Å². The van der Waals surface area contributed by atoms with Crippen molar-refractivity contribution < 1.29 is 13.6 Å². The van der Waals surface area contributed by atoms with Crippen molar-refractivity contribution in [1.29, 1.82) is 5.26 Å². The number of hydrogen-bond donors (Lipinski definition) is 1. The molecule has 2 aromatic carbocycles. The Kier molecular flexibility index (Phi) is 5.93. The minimum atomic E-state index is -0.958. The number of nitrogens with zero attached hydrogens (tertiary/aromatic N) is 5. The molecule has 2 heterocycles. The summed E-state index contributed by atoms with van der Waals surface area (Å²) in [6.07, 6.45) is 0. The van der Waals surface area contributed by atoms with E-state index in [0.717, 1.165) is 0 Å². The molecule has 4 aromatic rings. The van der Waals surface area contributed by atoms with Crippen LogP contribution < -0.4 is 5.32 Å². The number of benzene rings is 2. The lowest BCUT2D eigenvalue weighted by Gasteiger charge is -2.11. The first-order valence-electron chi connectivity index (χ1n) is 9.41. The molecule has 1 N–H and O–H groups in total. The topological polar surface area (TPSA) is 96.0 Å². The maximum atomic E-state index is 14.4. The number of nitriles is 1. The maximum absolute atomic E-state index is 14.4. The Balaban J connectivity index is 1.72. The molecule has 7 nitrogen and oxygen atoms in total. The maximum Gasteiger partial charge on any atom is 0.258 e. The molecule has 33 heavy (non-hydrogen) atoms. The van der Waals surface area contributed by atoms with Gasteiger partial charge in [-0.25, -0.2) is 23.4 Å². The molecule has 0 aliphatic rings. The zero-order chi connectivity index (χ0) is 23.5. The highest BCUT2D eigenvalue weighted by Crippen LogP contribution is 2.29. The van der Waals surface area contributed by atoms with Crippen molar-refractivity contribution in [1.82, 2.24) is 14.8 Å². The summed E-state index contributed by atoms with van der Waals surface area (Å²) < 4.78 is 29.5. The van der Waals surface area contributed by atoms with Gasteiger partial charge in [-0.1, -0.05) is 35.9 Å². The van der Waals surface area contributed by atoms with Crippen LogP contribution in [0, 0.1) is 23.0 Å². The summed E-state index contributed by atoms with van der Waals surface area (Å²) in [5.41, 5.74) is 0.686. The number of hydrogen-bond acceptors (Lipinski definition) is 5. The van der Waals surface area contributed by atoms with Crippen molar-refractivity contribution in [3.63, 3.8) is 0 Å². The van der Waals surface area contributed by atoms with Crippen LogP contribution in [-0.2, 0) is 0 Å². The first-order chi connectivity index (χ1) is 15.9. The van der Waals surface area contributed by atoms with E-state index in [0.29, 0.717) is 11.8 Å². The highest BCUT2D eigenvalue weighted by atomic mass is 35.5. The molecule has 2 aromatic heterocycles. The molecule has 0 saturated carbocycles. The van der Waals surface area contributed by atoms with Crippen molar-refractivity contribution in [3.8, 4) is 23.0 Å². The van der Waals surface area contributed by atoms with Gasteiger partial charge in [-0.05, 0) is 31.0 Å². The Morgan fingerprint density at radius 1 is 1.12 bits per heavy atom. The molecular formula is C23H13ClF2N6O. The van der Waals surface area contributed by atoms with E-state index >= 15 is 0 Å². The Labute approximate surface area is 191 Å². The third-order valence-electron chi connectivity index (χ3n) is 4.61. The highest BCUT2D eigenvalue weighted by Gasteiger charge is 2.19. The second kappa shape index (κ2) is 8.98. The molecule has 0 fully saturated rings. The van der Waals surface area contributed by atoms with Crippen LogP contribution in [0.25, 0.3) is 16.9 Å². The molecule has 0 radical (unpaired) electrons. The number of pyridine rings is 1. The third-order valence-corrected chi connectivity index (χ3v) is 4.94. The van der Waals surface area contributed by atoms with Crippen LogP contribution in [-0.4, -0.2) is 27.4 Å². The van der Waals surface area contributed by atoms with Crippen LogP contribution in [0.15, 0.2) is 65.7 Å². The Bertz CT molecular complexity index is 1430. The van der Waals surface area contributed by atoms with E-state index in [1.807, 2.05) is 12.1 Å². The second-order valence-electron chi connectivity index (χ2n) is 6.71. The van der Waals surface area contributed by atoms with Gasteiger partial charge < -0.3 is 5.32 Å². The SMILES string of the molecule is C=Nc1nc(-c2ccc(Cl)c(C(=O)Nc3cc(C#N)nn3-c3ccccc3)c2)c(F)cc1F. The minimum absolute atomic E-state index is 0.00660. The van der Waals surface area contributed by atoms with Gasteiger partial charge >= 0.3 is 0 Å². The smallest absolute Gasteiger partial charge is 0.258 e. The summed E-state index contributed by atoms with van der Waals surface area (Å²) >= 11 is 6.22. The van der Waals surface area contributed by atoms with Gasteiger partial charge in [-0.3, -0.25) is 4.79 Å². The van der Waals surface area contributed by atoms with Gasteiger partial charge in [0, 0.05) is 17.7 Å². The summed E-state index contributed by atoms with van der Waals surface area (Å²) in [5, 5.41) is 16.2. The quantitative estimate of drug-likeness (QED) is 0.406. The number of halogens is 3. The van der Waals surface area contributed by atoms with Crippen LogP contribution in [0.2, 0.25) is 5.02 Å². The first-order valence-corrected chi connectivity index (χ1v) is 9.78. The lowest BCUT2D eigenvalue weighted by atomic mass is 10.1. The normalized spacial score (nSPS) is 10.5. The lowest BCUT2D eigenvalue weighted by Crippen LogP contribution is -2.15. The van der Waals surface area contributed by atoms with E-state index in [9.17, 15) is 18.8 Å². The van der Waals surface area contributed by atoms with E-state index < -0.39 is 17.5 Å². The monoisotopic (exact) mass is 462 g/mol. The van der Waals surface area contributed by atoms with Crippen LogP contribution in [0.4, 0.5) is 20.4 Å². The lowest BCUT2D eigenvalue weighted by molar-refractivity contribution is 0.102. The number of aromatic nitrogens is 3. The average Bonchev–Trinajstić information content (AvgIpc) is 3.23. The van der Waals surface area contributed by atoms with E-state index in [4.69, 9.17) is 11.6 Å². The molecule has 10 heteroatoms. The largest absolute Gasteiger partial charge is 0.306 e. The van der Waals surface area contributed by atoms with Crippen LogP contribution in [0.3, 0.4) is 0 Å². The fourth-order valence-corrected chi connectivity index (χ4v) is 3.29. The average molecular weight is 463 g/mol. The van der Waals surface area contributed by atoms with Crippen molar-refractivity contribution in [2.24, 2.45) is 4.99 Å². The number of aliphatic imine (C=N–C) groups is 1. The van der Waals surface area contributed by atoms with Gasteiger partial charge in [-0.2, -0.15) is 10.4 Å². The Morgan fingerprint density at radius 2 is 1.88 bits per heavy atom. The molecule has 4 rings (SSSR count). The third kappa shape index (κ3) is 4.33. The zero-order valence-electron chi connectivity index (χ0n) is 16.8. The fourth-order valence-electron chi connectivity index (χ4n) is 3.09. The fraction of sp³-hybridized carbons (Fsp3) is 0. The summed E-state index contributed by atoms with van der Waals surface area (Å²) in [6, 6.07) is 17.0. The van der Waals surface area contributed by atoms with Gasteiger partial charge in [0.25, 0.3) is 5.91 Å². The molecule has 162 valence electrons. The number of nitrogens with one attached hydrogen (secondary N) is 1. The molecular weight excluding hydrogens is 450 g/mol. The summed E-state index contributed by atoms with van der Waals surface area (Å²) in [4.78, 5) is 20.3. The summed E-state index contributed by atoms with van der Waals surface area (Å²) in [6.45, 7) is 3.21. The molecule has 0 atom stereocenters. The number of anilines is 1. The number of amides is 1. The first kappa shape index (κ1) is 21.8. The van der Waals surface area contributed by atoms with Crippen molar-refractivity contribution in [2.45, 2.75) is 0 Å². The predicted molar refractivity (Wildman–Crippen MR) is 120 cm³/mol. The van der Waals surface area contributed by atoms with E-state index in [-0.39, 0.29) is 39.2 Å². The zero-order valence-corrected chi connectivity index (χ0v) is 17.5. The molecule has 1 amide bonds. The molecule has 0 spiro atoms. The van der Waals surface area contributed by atoms with Crippen molar-refractivity contribution >= 4 is 35.9 Å². The Morgan fingerprint density at radius 3 is 2.58 bits per heavy atom.